The van der Waals surface area contributed by atoms with E-state index in [1.165, 1.54) is 6.20 Å². The summed E-state index contributed by atoms with van der Waals surface area (Å²) in [4.78, 5) is 20.5. The summed E-state index contributed by atoms with van der Waals surface area (Å²) in [5.41, 5.74) is -0.155. The van der Waals surface area contributed by atoms with E-state index in [0.29, 0.717) is 10.6 Å². The van der Waals surface area contributed by atoms with Crippen LogP contribution in [0.2, 0.25) is 10.2 Å². The average molecular weight is 444 g/mol. The SMILES string of the molecule is O=C(Nc1ccc(Sc2ncc(C(F)(F)F)cc2Cl)cc1)c1cccnc1Cl. The van der Waals surface area contributed by atoms with Crippen molar-refractivity contribution in [3.05, 3.63) is 76.2 Å². The van der Waals surface area contributed by atoms with Crippen molar-refractivity contribution in [2.24, 2.45) is 0 Å². The number of hydrogen-bond acceptors (Lipinski definition) is 4. The molecule has 0 aliphatic heterocycles. The Hall–Kier alpha value is -2.29. The zero-order valence-corrected chi connectivity index (χ0v) is 16.1. The molecule has 0 radical (unpaired) electrons. The summed E-state index contributed by atoms with van der Waals surface area (Å²) in [6.45, 7) is 0. The van der Waals surface area contributed by atoms with E-state index in [-0.39, 0.29) is 20.8 Å². The van der Waals surface area contributed by atoms with Crippen LogP contribution in [0, 0.1) is 0 Å². The molecule has 28 heavy (non-hydrogen) atoms. The van der Waals surface area contributed by atoms with Crippen molar-refractivity contribution in [1.29, 1.82) is 0 Å². The number of benzene rings is 1. The van der Waals surface area contributed by atoms with Crippen LogP contribution in [0.25, 0.3) is 0 Å². The second-order valence-electron chi connectivity index (χ2n) is 5.43. The Morgan fingerprint density at radius 3 is 2.39 bits per heavy atom. The lowest BCUT2D eigenvalue weighted by atomic mass is 10.2. The van der Waals surface area contributed by atoms with Crippen LogP contribution in [0.5, 0.6) is 0 Å². The zero-order valence-electron chi connectivity index (χ0n) is 13.8. The fourth-order valence-electron chi connectivity index (χ4n) is 2.13. The Morgan fingerprint density at radius 1 is 1.07 bits per heavy atom. The van der Waals surface area contributed by atoms with Crippen molar-refractivity contribution in [2.45, 2.75) is 16.1 Å². The molecule has 1 aromatic carbocycles. The minimum atomic E-state index is -4.50. The summed E-state index contributed by atoms with van der Waals surface area (Å²) in [5, 5.41) is 2.93. The number of hydrogen-bond donors (Lipinski definition) is 1. The van der Waals surface area contributed by atoms with E-state index in [2.05, 4.69) is 15.3 Å². The molecule has 144 valence electrons. The van der Waals surface area contributed by atoms with Gasteiger partial charge in [0, 0.05) is 23.0 Å². The molecule has 0 spiro atoms. The van der Waals surface area contributed by atoms with Crippen molar-refractivity contribution >= 4 is 46.6 Å². The van der Waals surface area contributed by atoms with Gasteiger partial charge in [0.1, 0.15) is 10.2 Å². The largest absolute Gasteiger partial charge is 0.417 e. The Balaban J connectivity index is 1.70. The van der Waals surface area contributed by atoms with Gasteiger partial charge in [0.15, 0.2) is 0 Å². The van der Waals surface area contributed by atoms with Crippen LogP contribution in [0.1, 0.15) is 15.9 Å². The Kier molecular flexibility index (Phi) is 6.12. The lowest BCUT2D eigenvalue weighted by Crippen LogP contribution is -2.12. The molecular weight excluding hydrogens is 434 g/mol. The molecule has 0 unspecified atom stereocenters. The smallest absolute Gasteiger partial charge is 0.322 e. The first kappa shape index (κ1) is 20.4. The van der Waals surface area contributed by atoms with E-state index in [4.69, 9.17) is 23.2 Å². The normalized spacial score (nSPS) is 11.3. The maximum absolute atomic E-state index is 12.7. The van der Waals surface area contributed by atoms with Crippen molar-refractivity contribution in [1.82, 2.24) is 9.97 Å². The number of amides is 1. The minimum absolute atomic E-state index is 0.0928. The fraction of sp³-hybridized carbons (Fsp3) is 0.0556. The monoisotopic (exact) mass is 443 g/mol. The molecule has 2 aromatic heterocycles. The van der Waals surface area contributed by atoms with Gasteiger partial charge in [-0.2, -0.15) is 13.2 Å². The van der Waals surface area contributed by atoms with Crippen LogP contribution in [0.15, 0.2) is 64.8 Å². The van der Waals surface area contributed by atoms with E-state index in [1.54, 1.807) is 36.4 Å². The Labute approximate surface area is 172 Å². The first-order valence-corrected chi connectivity index (χ1v) is 9.24. The number of anilines is 1. The second-order valence-corrected chi connectivity index (χ2v) is 7.26. The van der Waals surface area contributed by atoms with Gasteiger partial charge >= 0.3 is 6.18 Å². The van der Waals surface area contributed by atoms with Gasteiger partial charge in [-0.1, -0.05) is 35.0 Å². The van der Waals surface area contributed by atoms with Crippen LogP contribution in [-0.4, -0.2) is 15.9 Å². The number of rotatable bonds is 4. The van der Waals surface area contributed by atoms with Gasteiger partial charge in [0.05, 0.1) is 16.1 Å². The van der Waals surface area contributed by atoms with Gasteiger partial charge in [-0.3, -0.25) is 4.79 Å². The van der Waals surface area contributed by atoms with Crippen molar-refractivity contribution in [2.75, 3.05) is 5.32 Å². The van der Waals surface area contributed by atoms with Gasteiger partial charge < -0.3 is 5.32 Å². The molecule has 0 aliphatic carbocycles. The lowest BCUT2D eigenvalue weighted by Gasteiger charge is -2.09. The maximum Gasteiger partial charge on any atom is 0.417 e. The fourth-order valence-corrected chi connectivity index (χ4v) is 3.37. The van der Waals surface area contributed by atoms with Crippen LogP contribution in [-0.2, 0) is 6.18 Å². The lowest BCUT2D eigenvalue weighted by molar-refractivity contribution is -0.137. The number of carbonyl (C=O) groups is 1. The summed E-state index contributed by atoms with van der Waals surface area (Å²) < 4.78 is 38.0. The van der Waals surface area contributed by atoms with Crippen LogP contribution in [0.4, 0.5) is 18.9 Å². The van der Waals surface area contributed by atoms with Crippen LogP contribution >= 0.6 is 35.0 Å². The number of alkyl halides is 3. The molecule has 0 atom stereocenters. The highest BCUT2D eigenvalue weighted by Gasteiger charge is 2.31. The van der Waals surface area contributed by atoms with Crippen LogP contribution in [0.3, 0.4) is 0 Å². The first-order chi connectivity index (χ1) is 13.2. The predicted molar refractivity (Wildman–Crippen MR) is 102 cm³/mol. The first-order valence-electron chi connectivity index (χ1n) is 7.66. The van der Waals surface area contributed by atoms with Gasteiger partial charge in [0.25, 0.3) is 5.91 Å². The molecule has 3 aromatic rings. The van der Waals surface area contributed by atoms with E-state index in [1.807, 2.05) is 0 Å². The van der Waals surface area contributed by atoms with Crippen LogP contribution < -0.4 is 5.32 Å². The number of aromatic nitrogens is 2. The molecule has 4 nitrogen and oxygen atoms in total. The average Bonchev–Trinajstić information content (AvgIpc) is 2.64. The zero-order chi connectivity index (χ0) is 20.3. The topological polar surface area (TPSA) is 54.9 Å². The minimum Gasteiger partial charge on any atom is -0.322 e. The molecule has 2 heterocycles. The molecule has 1 amide bonds. The van der Waals surface area contributed by atoms with Gasteiger partial charge in [-0.15, -0.1) is 0 Å². The number of nitrogens with zero attached hydrogens (tertiary/aromatic N) is 2. The third-order valence-electron chi connectivity index (χ3n) is 3.47. The van der Waals surface area contributed by atoms with Gasteiger partial charge in [-0.25, -0.2) is 9.97 Å². The van der Waals surface area contributed by atoms with Crippen molar-refractivity contribution in [3.8, 4) is 0 Å². The van der Waals surface area contributed by atoms with E-state index in [0.717, 1.165) is 24.0 Å². The highest BCUT2D eigenvalue weighted by Crippen LogP contribution is 2.36. The second kappa shape index (κ2) is 8.38. The Morgan fingerprint density at radius 2 is 1.79 bits per heavy atom. The summed E-state index contributed by atoms with van der Waals surface area (Å²) in [6.07, 6.45) is -2.29. The maximum atomic E-state index is 12.7. The molecule has 0 fully saturated rings. The predicted octanol–water partition coefficient (Wildman–Crippen LogP) is 6.21. The third kappa shape index (κ3) is 4.95. The summed E-state index contributed by atoms with van der Waals surface area (Å²) in [7, 11) is 0. The van der Waals surface area contributed by atoms with Gasteiger partial charge in [0.2, 0.25) is 0 Å². The highest BCUT2D eigenvalue weighted by atomic mass is 35.5. The van der Waals surface area contributed by atoms with Gasteiger partial charge in [-0.05, 0) is 42.5 Å². The molecule has 1 N–H and O–H groups in total. The molecule has 10 heteroatoms. The standard InChI is InChI=1S/C18H10Cl2F3N3OS/c19-14-8-10(18(21,22)23)9-25-17(14)28-12-5-3-11(4-6-12)26-16(27)13-2-1-7-24-15(13)20/h1-9H,(H,26,27). The number of nitrogens with one attached hydrogen (secondary N) is 1. The van der Waals surface area contributed by atoms with E-state index >= 15 is 0 Å². The molecule has 3 rings (SSSR count). The summed E-state index contributed by atoms with van der Waals surface area (Å²) in [6, 6.07) is 10.6. The number of carbonyl (C=O) groups excluding carboxylic acids is 1. The van der Waals surface area contributed by atoms with E-state index < -0.39 is 17.6 Å². The van der Waals surface area contributed by atoms with E-state index in [9.17, 15) is 18.0 Å². The summed E-state index contributed by atoms with van der Waals surface area (Å²) in [5.74, 6) is -0.411. The van der Waals surface area contributed by atoms with Crippen molar-refractivity contribution < 1.29 is 18.0 Å². The Bertz CT molecular complexity index is 1010. The molecule has 0 saturated heterocycles. The molecular formula is C18H10Cl2F3N3OS. The number of halogens is 5. The highest BCUT2D eigenvalue weighted by molar-refractivity contribution is 7.99. The summed E-state index contributed by atoms with van der Waals surface area (Å²) >= 11 is 12.9. The molecule has 0 bridgehead atoms. The number of pyridine rings is 2. The van der Waals surface area contributed by atoms with Crippen molar-refractivity contribution in [3.63, 3.8) is 0 Å². The quantitative estimate of drug-likeness (QED) is 0.487. The third-order valence-corrected chi connectivity index (χ3v) is 5.19. The molecule has 0 saturated carbocycles. The molecule has 0 aliphatic rings.